The van der Waals surface area contributed by atoms with Crippen LogP contribution in [0.3, 0.4) is 0 Å². The van der Waals surface area contributed by atoms with Crippen molar-refractivity contribution in [2.45, 2.75) is 6.92 Å². The van der Waals surface area contributed by atoms with E-state index in [-0.39, 0.29) is 0 Å². The van der Waals surface area contributed by atoms with Gasteiger partial charge in [-0.05, 0) is 31.2 Å². The monoisotopic (exact) mass is 264 g/mol. The van der Waals surface area contributed by atoms with E-state index in [1.54, 1.807) is 18.2 Å². The van der Waals surface area contributed by atoms with Crippen LogP contribution in [0.5, 0.6) is 5.75 Å². The van der Waals surface area contributed by atoms with Crippen molar-refractivity contribution in [1.82, 2.24) is 0 Å². The van der Waals surface area contributed by atoms with Gasteiger partial charge in [0.2, 0.25) is 0 Å². The van der Waals surface area contributed by atoms with Gasteiger partial charge in [-0.25, -0.2) is 8.78 Å². The highest BCUT2D eigenvalue weighted by Crippen LogP contribution is 2.27. The van der Waals surface area contributed by atoms with Crippen LogP contribution in [-0.4, -0.2) is 6.61 Å². The zero-order valence-corrected chi connectivity index (χ0v) is 10.4. The second-order valence-electron chi connectivity index (χ2n) is 3.97. The molecule has 0 radical (unpaired) electrons. The molecular weight excluding hydrogens is 250 g/mol. The third-order valence-corrected chi connectivity index (χ3v) is 2.46. The topological polar surface area (TPSA) is 47.3 Å². The molecule has 19 heavy (non-hydrogen) atoms. The lowest BCUT2D eigenvalue weighted by Crippen LogP contribution is -1.99. The van der Waals surface area contributed by atoms with Crippen LogP contribution in [0.15, 0.2) is 36.4 Å². The van der Waals surface area contributed by atoms with Gasteiger partial charge in [-0.1, -0.05) is 0 Å². The average molecular weight is 264 g/mol. The van der Waals surface area contributed by atoms with Crippen molar-refractivity contribution < 1.29 is 13.5 Å². The highest BCUT2D eigenvalue weighted by atomic mass is 19.1. The molecule has 0 aliphatic carbocycles. The molecule has 3 N–H and O–H groups in total. The first kappa shape index (κ1) is 13.1. The standard InChI is InChI=1S/C14H14F2N2O/c1-2-19-14-8-11(3-4-13(14)17)18-12-6-9(15)5-10(16)7-12/h3-8,18H,2,17H2,1H3. The predicted octanol–water partition coefficient (Wildman–Crippen LogP) is 3.69. The van der Waals surface area contributed by atoms with E-state index in [2.05, 4.69) is 5.32 Å². The third-order valence-electron chi connectivity index (χ3n) is 2.46. The average Bonchev–Trinajstić information content (AvgIpc) is 2.32. The van der Waals surface area contributed by atoms with Crippen LogP contribution in [-0.2, 0) is 0 Å². The number of hydrogen-bond donors (Lipinski definition) is 2. The van der Waals surface area contributed by atoms with Crippen molar-refractivity contribution in [1.29, 1.82) is 0 Å². The van der Waals surface area contributed by atoms with Crippen LogP contribution in [0.1, 0.15) is 6.92 Å². The molecule has 0 saturated carbocycles. The van der Waals surface area contributed by atoms with Crippen molar-refractivity contribution in [3.8, 4) is 5.75 Å². The molecule has 3 nitrogen and oxygen atoms in total. The molecule has 2 aromatic rings. The van der Waals surface area contributed by atoms with Crippen LogP contribution in [0.25, 0.3) is 0 Å². The van der Waals surface area contributed by atoms with Crippen LogP contribution in [0, 0.1) is 11.6 Å². The second kappa shape index (κ2) is 5.56. The SMILES string of the molecule is CCOc1cc(Nc2cc(F)cc(F)c2)ccc1N. The quantitative estimate of drug-likeness (QED) is 0.828. The van der Waals surface area contributed by atoms with E-state index in [4.69, 9.17) is 10.5 Å². The van der Waals surface area contributed by atoms with Gasteiger partial charge in [-0.3, -0.25) is 0 Å². The number of benzene rings is 2. The molecule has 0 heterocycles. The largest absolute Gasteiger partial charge is 0.492 e. The summed E-state index contributed by atoms with van der Waals surface area (Å²) in [6.45, 7) is 2.34. The minimum Gasteiger partial charge on any atom is -0.492 e. The number of halogens is 2. The van der Waals surface area contributed by atoms with E-state index in [1.807, 2.05) is 6.92 Å². The number of anilines is 3. The van der Waals surface area contributed by atoms with Gasteiger partial charge in [0.15, 0.2) is 0 Å². The van der Waals surface area contributed by atoms with Gasteiger partial charge >= 0.3 is 0 Å². The van der Waals surface area contributed by atoms with Gasteiger partial charge in [-0.2, -0.15) is 0 Å². The van der Waals surface area contributed by atoms with Crippen molar-refractivity contribution in [3.05, 3.63) is 48.0 Å². The molecule has 2 aromatic carbocycles. The Bertz CT molecular complexity index is 567. The molecule has 5 heteroatoms. The summed E-state index contributed by atoms with van der Waals surface area (Å²) in [7, 11) is 0. The summed E-state index contributed by atoms with van der Waals surface area (Å²) in [5, 5.41) is 2.90. The number of hydrogen-bond acceptors (Lipinski definition) is 3. The lowest BCUT2D eigenvalue weighted by molar-refractivity contribution is 0.342. The van der Waals surface area contributed by atoms with Crippen molar-refractivity contribution in [2.24, 2.45) is 0 Å². The van der Waals surface area contributed by atoms with Crippen molar-refractivity contribution in [2.75, 3.05) is 17.7 Å². The Kier molecular flexibility index (Phi) is 3.85. The highest BCUT2D eigenvalue weighted by molar-refractivity contribution is 5.66. The minimum absolute atomic E-state index is 0.324. The maximum atomic E-state index is 13.1. The van der Waals surface area contributed by atoms with Gasteiger partial charge < -0.3 is 15.8 Å². The van der Waals surface area contributed by atoms with Gasteiger partial charge in [0.25, 0.3) is 0 Å². The Labute approximate surface area is 110 Å². The van der Waals surface area contributed by atoms with Gasteiger partial charge in [0, 0.05) is 23.5 Å². The Balaban J connectivity index is 2.25. The van der Waals surface area contributed by atoms with Crippen LogP contribution < -0.4 is 15.8 Å². The van der Waals surface area contributed by atoms with Crippen LogP contribution in [0.4, 0.5) is 25.8 Å². The molecule has 0 aliphatic rings. The van der Waals surface area contributed by atoms with E-state index in [9.17, 15) is 8.78 Å². The Morgan fingerprint density at radius 2 is 1.74 bits per heavy atom. The second-order valence-corrected chi connectivity index (χ2v) is 3.97. The van der Waals surface area contributed by atoms with Gasteiger partial charge in [-0.15, -0.1) is 0 Å². The fourth-order valence-electron chi connectivity index (χ4n) is 1.69. The first-order valence-corrected chi connectivity index (χ1v) is 5.84. The van der Waals surface area contributed by atoms with E-state index in [0.717, 1.165) is 6.07 Å². The Hall–Kier alpha value is -2.30. The van der Waals surface area contributed by atoms with Crippen molar-refractivity contribution >= 4 is 17.1 Å². The van der Waals surface area contributed by atoms with Crippen LogP contribution >= 0.6 is 0 Å². The maximum Gasteiger partial charge on any atom is 0.144 e. The molecular formula is C14H14F2N2O. The van der Waals surface area contributed by atoms with E-state index < -0.39 is 11.6 Å². The molecule has 2 rings (SSSR count). The molecule has 0 fully saturated rings. The van der Waals surface area contributed by atoms with Gasteiger partial charge in [0.05, 0.1) is 12.3 Å². The van der Waals surface area contributed by atoms with E-state index >= 15 is 0 Å². The molecule has 0 aliphatic heterocycles. The number of nitrogen functional groups attached to an aromatic ring is 1. The molecule has 100 valence electrons. The summed E-state index contributed by atoms with van der Waals surface area (Å²) in [4.78, 5) is 0. The number of nitrogens with one attached hydrogen (secondary N) is 1. The maximum absolute atomic E-state index is 13.1. The summed E-state index contributed by atoms with van der Waals surface area (Å²) in [5.74, 6) is -0.740. The third kappa shape index (κ3) is 3.34. The summed E-state index contributed by atoms with van der Waals surface area (Å²) >= 11 is 0. The summed E-state index contributed by atoms with van der Waals surface area (Å²) in [6, 6.07) is 8.30. The van der Waals surface area contributed by atoms with Crippen molar-refractivity contribution in [3.63, 3.8) is 0 Å². The number of ether oxygens (including phenoxy) is 1. The Morgan fingerprint density at radius 1 is 1.05 bits per heavy atom. The first-order valence-electron chi connectivity index (χ1n) is 5.84. The zero-order valence-electron chi connectivity index (χ0n) is 10.4. The number of nitrogens with two attached hydrogens (primary N) is 1. The summed E-state index contributed by atoms with van der Waals surface area (Å²) < 4.78 is 31.5. The molecule has 0 amide bonds. The first-order chi connectivity index (χ1) is 9.08. The summed E-state index contributed by atoms with van der Waals surface area (Å²) in [5.41, 5.74) is 7.22. The van der Waals surface area contributed by atoms with E-state index in [0.29, 0.717) is 29.4 Å². The summed E-state index contributed by atoms with van der Waals surface area (Å²) in [6.07, 6.45) is 0. The minimum atomic E-state index is -0.636. The fourth-order valence-corrected chi connectivity index (χ4v) is 1.69. The Morgan fingerprint density at radius 3 is 2.37 bits per heavy atom. The number of rotatable bonds is 4. The zero-order chi connectivity index (χ0) is 13.8. The normalized spacial score (nSPS) is 10.3. The molecule has 0 atom stereocenters. The molecule has 0 unspecified atom stereocenters. The predicted molar refractivity (Wildman–Crippen MR) is 71.7 cm³/mol. The lowest BCUT2D eigenvalue weighted by atomic mass is 10.2. The smallest absolute Gasteiger partial charge is 0.144 e. The molecule has 0 aromatic heterocycles. The van der Waals surface area contributed by atoms with E-state index in [1.165, 1.54) is 12.1 Å². The molecule has 0 spiro atoms. The molecule has 0 bridgehead atoms. The lowest BCUT2D eigenvalue weighted by Gasteiger charge is -2.11. The van der Waals surface area contributed by atoms with Gasteiger partial charge in [0.1, 0.15) is 17.4 Å². The molecule has 0 saturated heterocycles. The highest BCUT2D eigenvalue weighted by Gasteiger charge is 2.04. The van der Waals surface area contributed by atoms with Crippen LogP contribution in [0.2, 0.25) is 0 Å². The fraction of sp³-hybridized carbons (Fsp3) is 0.143.